The third-order valence-electron chi connectivity index (χ3n) is 4.19. The highest BCUT2D eigenvalue weighted by Crippen LogP contribution is 2.13. The number of hydrogen-bond acceptors (Lipinski definition) is 4. The molecule has 0 saturated carbocycles. The van der Waals surface area contributed by atoms with Gasteiger partial charge in [-0.05, 0) is 28.3 Å². The first-order valence-corrected chi connectivity index (χ1v) is 9.88. The van der Waals surface area contributed by atoms with E-state index in [9.17, 15) is 9.59 Å². The molecule has 128 valence electrons. The molecule has 1 N–H and O–H groups in total. The Morgan fingerprint density at radius 3 is 2.50 bits per heavy atom. The molecule has 1 saturated heterocycles. The molecule has 0 aromatic carbocycles. The van der Waals surface area contributed by atoms with Crippen molar-refractivity contribution in [2.75, 3.05) is 39.8 Å². The van der Waals surface area contributed by atoms with Gasteiger partial charge in [-0.25, -0.2) is 0 Å². The predicted molar refractivity (Wildman–Crippen MR) is 96.6 cm³/mol. The minimum Gasteiger partial charge on any atom is -0.334 e. The van der Waals surface area contributed by atoms with E-state index in [1.165, 1.54) is 21.8 Å². The molecule has 1 aliphatic heterocycles. The van der Waals surface area contributed by atoms with Crippen LogP contribution < -0.4 is 4.90 Å². The summed E-state index contributed by atoms with van der Waals surface area (Å²) in [6.07, 6.45) is 0. The zero-order chi connectivity index (χ0) is 16.9. The number of quaternary nitrogens is 1. The SMILES string of the molecule is C[NH+](CC(=O)N1CCN(C(=O)c2cccs2)CC1)Cc1ccsc1. The highest BCUT2D eigenvalue weighted by atomic mass is 32.1. The molecule has 1 unspecified atom stereocenters. The fourth-order valence-corrected chi connectivity index (χ4v) is 4.25. The summed E-state index contributed by atoms with van der Waals surface area (Å²) < 4.78 is 0. The summed E-state index contributed by atoms with van der Waals surface area (Å²) in [5.41, 5.74) is 1.27. The Morgan fingerprint density at radius 1 is 1.12 bits per heavy atom. The molecule has 2 amide bonds. The van der Waals surface area contributed by atoms with Crippen molar-refractivity contribution in [1.29, 1.82) is 0 Å². The number of nitrogens with zero attached hydrogens (tertiary/aromatic N) is 2. The van der Waals surface area contributed by atoms with Gasteiger partial charge in [0, 0.05) is 31.7 Å². The second kappa shape index (κ2) is 7.92. The Hall–Kier alpha value is -1.70. The van der Waals surface area contributed by atoms with Gasteiger partial charge < -0.3 is 14.7 Å². The normalized spacial score (nSPS) is 16.2. The van der Waals surface area contributed by atoms with Crippen LogP contribution in [0.3, 0.4) is 0 Å². The Balaban J connectivity index is 1.45. The summed E-state index contributed by atoms with van der Waals surface area (Å²) in [6.45, 7) is 3.85. The van der Waals surface area contributed by atoms with Crippen molar-refractivity contribution in [1.82, 2.24) is 9.80 Å². The van der Waals surface area contributed by atoms with Crippen molar-refractivity contribution in [3.63, 3.8) is 0 Å². The largest absolute Gasteiger partial charge is 0.334 e. The van der Waals surface area contributed by atoms with Gasteiger partial charge in [0.2, 0.25) is 0 Å². The van der Waals surface area contributed by atoms with Crippen LogP contribution in [0.1, 0.15) is 15.2 Å². The molecule has 2 aromatic rings. The molecular weight excluding hydrogens is 342 g/mol. The Bertz CT molecular complexity index is 662. The number of carbonyl (C=O) groups is 2. The van der Waals surface area contributed by atoms with Crippen LogP contribution in [0.15, 0.2) is 34.3 Å². The molecule has 0 radical (unpaired) electrons. The maximum absolute atomic E-state index is 12.4. The summed E-state index contributed by atoms with van der Waals surface area (Å²) in [5, 5.41) is 6.11. The monoisotopic (exact) mass is 364 g/mol. The van der Waals surface area contributed by atoms with Gasteiger partial charge in [-0.15, -0.1) is 11.3 Å². The van der Waals surface area contributed by atoms with E-state index in [0.29, 0.717) is 32.7 Å². The molecule has 24 heavy (non-hydrogen) atoms. The van der Waals surface area contributed by atoms with Crippen LogP contribution in [0.25, 0.3) is 0 Å². The lowest BCUT2D eigenvalue weighted by Gasteiger charge is -2.34. The molecule has 3 heterocycles. The van der Waals surface area contributed by atoms with E-state index in [4.69, 9.17) is 0 Å². The molecule has 1 aliphatic rings. The van der Waals surface area contributed by atoms with Gasteiger partial charge in [0.1, 0.15) is 6.54 Å². The fourth-order valence-electron chi connectivity index (χ4n) is 2.89. The number of nitrogens with one attached hydrogen (secondary N) is 1. The van der Waals surface area contributed by atoms with Crippen LogP contribution in [-0.4, -0.2) is 61.4 Å². The van der Waals surface area contributed by atoms with E-state index in [-0.39, 0.29) is 11.8 Å². The standard InChI is InChI=1S/C17H21N3O2S2/c1-18(11-14-4-10-23-13-14)12-16(21)19-5-7-20(8-6-19)17(22)15-3-2-9-24-15/h2-4,9-10,13H,5-8,11-12H2,1H3/p+1. The van der Waals surface area contributed by atoms with Crippen LogP contribution in [0, 0.1) is 0 Å². The maximum Gasteiger partial charge on any atom is 0.277 e. The highest BCUT2D eigenvalue weighted by molar-refractivity contribution is 7.12. The predicted octanol–water partition coefficient (Wildman–Crippen LogP) is 0.809. The summed E-state index contributed by atoms with van der Waals surface area (Å²) in [4.78, 5) is 30.5. The van der Waals surface area contributed by atoms with Crippen LogP contribution in [0.4, 0.5) is 0 Å². The lowest BCUT2D eigenvalue weighted by atomic mass is 10.2. The van der Waals surface area contributed by atoms with Gasteiger partial charge in [-0.3, -0.25) is 9.59 Å². The average molecular weight is 365 g/mol. The third kappa shape index (κ3) is 4.23. The molecule has 5 nitrogen and oxygen atoms in total. The van der Waals surface area contributed by atoms with E-state index >= 15 is 0 Å². The van der Waals surface area contributed by atoms with Gasteiger partial charge in [0.15, 0.2) is 6.54 Å². The lowest BCUT2D eigenvalue weighted by molar-refractivity contribution is -0.885. The van der Waals surface area contributed by atoms with Crippen molar-refractivity contribution < 1.29 is 14.5 Å². The summed E-state index contributed by atoms with van der Waals surface area (Å²) in [5.74, 6) is 0.253. The van der Waals surface area contributed by atoms with E-state index in [1.807, 2.05) is 34.4 Å². The molecule has 0 bridgehead atoms. The van der Waals surface area contributed by atoms with E-state index < -0.39 is 0 Å². The first kappa shape index (κ1) is 17.1. The fraction of sp³-hybridized carbons (Fsp3) is 0.412. The lowest BCUT2D eigenvalue weighted by Crippen LogP contribution is -3.08. The van der Waals surface area contributed by atoms with Crippen molar-refractivity contribution >= 4 is 34.5 Å². The highest BCUT2D eigenvalue weighted by Gasteiger charge is 2.26. The van der Waals surface area contributed by atoms with Crippen LogP contribution >= 0.6 is 22.7 Å². The molecule has 0 spiro atoms. The van der Waals surface area contributed by atoms with Gasteiger partial charge >= 0.3 is 0 Å². The van der Waals surface area contributed by atoms with Gasteiger partial charge in [-0.1, -0.05) is 6.07 Å². The number of thiophene rings is 2. The Kier molecular flexibility index (Phi) is 5.65. The van der Waals surface area contributed by atoms with Crippen LogP contribution in [-0.2, 0) is 11.3 Å². The van der Waals surface area contributed by atoms with E-state index in [1.54, 1.807) is 11.3 Å². The molecule has 3 rings (SSSR count). The minimum atomic E-state index is 0.0808. The minimum absolute atomic E-state index is 0.0808. The zero-order valence-corrected chi connectivity index (χ0v) is 15.4. The van der Waals surface area contributed by atoms with Gasteiger partial charge in [-0.2, -0.15) is 11.3 Å². The van der Waals surface area contributed by atoms with E-state index in [2.05, 4.69) is 16.8 Å². The zero-order valence-electron chi connectivity index (χ0n) is 13.7. The Labute approximate surface area is 150 Å². The maximum atomic E-state index is 12.4. The quantitative estimate of drug-likeness (QED) is 0.853. The molecule has 0 aliphatic carbocycles. The van der Waals surface area contributed by atoms with Crippen molar-refractivity contribution in [3.8, 4) is 0 Å². The number of hydrogen-bond donors (Lipinski definition) is 1. The molecule has 7 heteroatoms. The number of likely N-dealkylation sites (N-methyl/N-ethyl adjacent to an activating group) is 1. The first-order chi connectivity index (χ1) is 11.6. The second-order valence-corrected chi connectivity index (χ2v) is 7.82. The third-order valence-corrected chi connectivity index (χ3v) is 5.78. The average Bonchev–Trinajstić information content (AvgIpc) is 3.27. The number of amides is 2. The first-order valence-electron chi connectivity index (χ1n) is 8.06. The number of rotatable bonds is 5. The van der Waals surface area contributed by atoms with Gasteiger partial charge in [0.25, 0.3) is 11.8 Å². The molecular formula is C17H22N3O2S2+. The second-order valence-electron chi connectivity index (χ2n) is 6.09. The summed E-state index contributed by atoms with van der Waals surface area (Å²) >= 11 is 3.15. The smallest absolute Gasteiger partial charge is 0.277 e. The Morgan fingerprint density at radius 2 is 1.88 bits per heavy atom. The van der Waals surface area contributed by atoms with Crippen molar-refractivity contribution in [2.24, 2.45) is 0 Å². The molecule has 2 aromatic heterocycles. The summed E-state index contributed by atoms with van der Waals surface area (Å²) in [6, 6.07) is 5.85. The van der Waals surface area contributed by atoms with E-state index in [0.717, 1.165) is 11.4 Å². The number of piperazine rings is 1. The number of carbonyl (C=O) groups excluding carboxylic acids is 2. The topological polar surface area (TPSA) is 45.1 Å². The van der Waals surface area contributed by atoms with Crippen molar-refractivity contribution in [2.45, 2.75) is 6.54 Å². The van der Waals surface area contributed by atoms with Crippen LogP contribution in [0.5, 0.6) is 0 Å². The van der Waals surface area contributed by atoms with Gasteiger partial charge in [0.05, 0.1) is 11.9 Å². The van der Waals surface area contributed by atoms with Crippen molar-refractivity contribution in [3.05, 3.63) is 44.8 Å². The van der Waals surface area contributed by atoms with Crippen LogP contribution in [0.2, 0.25) is 0 Å². The summed E-state index contributed by atoms with van der Waals surface area (Å²) in [7, 11) is 2.05. The molecule has 1 atom stereocenters. The molecule has 1 fully saturated rings.